The lowest BCUT2D eigenvalue weighted by molar-refractivity contribution is -0.118. The van der Waals surface area contributed by atoms with Crippen LogP contribution in [0.5, 0.6) is 0 Å². The number of carbonyl (C=O) groups excluding carboxylic acids is 1. The molecule has 0 rings (SSSR count). The minimum Gasteiger partial charge on any atom is -0.386 e. The van der Waals surface area contributed by atoms with E-state index in [1.165, 1.54) is 0 Å². The van der Waals surface area contributed by atoms with Crippen molar-refractivity contribution in [2.45, 2.75) is 19.8 Å². The van der Waals surface area contributed by atoms with Gasteiger partial charge in [-0.1, -0.05) is 6.58 Å². The first-order chi connectivity index (χ1) is 10.2. The quantitative estimate of drug-likeness (QED) is 0.410. The van der Waals surface area contributed by atoms with Crippen molar-refractivity contribution in [2.24, 2.45) is 0 Å². The fourth-order valence-corrected chi connectivity index (χ4v) is 1.42. The summed E-state index contributed by atoms with van der Waals surface area (Å²) in [5, 5.41) is 6.28. The first-order valence-corrected chi connectivity index (χ1v) is 7.45. The Morgan fingerprint density at radius 3 is 2.05 bits per heavy atom. The molecule has 0 aromatic carbocycles. The lowest BCUT2D eigenvalue weighted by atomic mass is 10.3. The Morgan fingerprint density at radius 2 is 1.48 bits per heavy atom. The Morgan fingerprint density at radius 1 is 0.905 bits per heavy atom. The second kappa shape index (κ2) is 15.4. The van der Waals surface area contributed by atoms with Gasteiger partial charge in [-0.2, -0.15) is 0 Å². The van der Waals surface area contributed by atoms with Crippen molar-refractivity contribution in [3.05, 3.63) is 12.3 Å². The Balaban J connectivity index is 3.09. The summed E-state index contributed by atoms with van der Waals surface area (Å²) >= 11 is 0. The van der Waals surface area contributed by atoms with Gasteiger partial charge in [-0.15, -0.1) is 0 Å². The third kappa shape index (κ3) is 17.0. The van der Waals surface area contributed by atoms with Gasteiger partial charge in [0.25, 0.3) is 0 Å². The first kappa shape index (κ1) is 20.1. The molecular weight excluding hydrogens is 272 g/mol. The Kier molecular flexibility index (Phi) is 14.7. The third-order valence-corrected chi connectivity index (χ3v) is 2.64. The van der Waals surface area contributed by atoms with Gasteiger partial charge in [0.1, 0.15) is 5.78 Å². The highest BCUT2D eigenvalue weighted by Crippen LogP contribution is 1.90. The molecule has 6 heteroatoms. The second-order valence-corrected chi connectivity index (χ2v) is 4.67. The summed E-state index contributed by atoms with van der Waals surface area (Å²) in [5.41, 5.74) is 1.02. The molecule has 0 saturated heterocycles. The van der Waals surface area contributed by atoms with Crippen LogP contribution in [-0.2, 0) is 19.0 Å². The maximum atomic E-state index is 10.7. The lowest BCUT2D eigenvalue weighted by Gasteiger charge is -2.10. The molecule has 0 amide bonds. The molecule has 0 aromatic heterocycles. The van der Waals surface area contributed by atoms with Crippen LogP contribution in [0.2, 0.25) is 0 Å². The summed E-state index contributed by atoms with van der Waals surface area (Å²) in [6.07, 6.45) is 1.39. The van der Waals surface area contributed by atoms with Crippen LogP contribution in [-0.4, -0.2) is 65.6 Å². The Labute approximate surface area is 128 Å². The zero-order valence-electron chi connectivity index (χ0n) is 13.4. The van der Waals surface area contributed by atoms with E-state index in [2.05, 4.69) is 17.2 Å². The molecule has 0 bridgehead atoms. The molecule has 0 spiro atoms. The summed E-state index contributed by atoms with van der Waals surface area (Å²) in [6.45, 7) is 10.4. The van der Waals surface area contributed by atoms with Crippen molar-refractivity contribution in [3.63, 3.8) is 0 Å². The summed E-state index contributed by atoms with van der Waals surface area (Å²) in [4.78, 5) is 10.7. The van der Waals surface area contributed by atoms with Crippen LogP contribution >= 0.6 is 0 Å². The summed E-state index contributed by atoms with van der Waals surface area (Å²) < 4.78 is 16.0. The van der Waals surface area contributed by atoms with E-state index in [-0.39, 0.29) is 5.78 Å². The van der Waals surface area contributed by atoms with Gasteiger partial charge in [-0.3, -0.25) is 4.79 Å². The Hall–Kier alpha value is -0.950. The third-order valence-electron chi connectivity index (χ3n) is 2.64. The fourth-order valence-electron chi connectivity index (χ4n) is 1.42. The number of Topliss-reactive ketones (excluding diaryl/α,β-unsaturated/α-hetero) is 1. The van der Waals surface area contributed by atoms with Gasteiger partial charge < -0.3 is 24.8 Å². The first-order valence-electron chi connectivity index (χ1n) is 7.45. The highest BCUT2D eigenvalue weighted by atomic mass is 16.5. The second-order valence-electron chi connectivity index (χ2n) is 4.67. The largest absolute Gasteiger partial charge is 0.386 e. The van der Waals surface area contributed by atoms with E-state index in [0.29, 0.717) is 46.1 Å². The smallest absolute Gasteiger partial charge is 0.132 e. The molecule has 0 aromatic rings. The van der Waals surface area contributed by atoms with Crippen LogP contribution in [0.25, 0.3) is 0 Å². The van der Waals surface area contributed by atoms with Crippen molar-refractivity contribution in [1.29, 1.82) is 0 Å². The van der Waals surface area contributed by atoms with Crippen LogP contribution < -0.4 is 10.6 Å². The SMILES string of the molecule is C=C(CCNC)NCCOCCOCCOCCC(C)=O. The zero-order valence-corrected chi connectivity index (χ0v) is 13.4. The van der Waals surface area contributed by atoms with E-state index in [9.17, 15) is 4.79 Å². The number of rotatable bonds is 16. The molecule has 0 radical (unpaired) electrons. The number of ketones is 1. The van der Waals surface area contributed by atoms with Crippen LogP contribution in [0.3, 0.4) is 0 Å². The van der Waals surface area contributed by atoms with E-state index < -0.39 is 0 Å². The van der Waals surface area contributed by atoms with Crippen molar-refractivity contribution < 1.29 is 19.0 Å². The Bertz CT molecular complexity index is 272. The maximum absolute atomic E-state index is 10.7. The average Bonchev–Trinajstić information content (AvgIpc) is 2.45. The predicted molar refractivity (Wildman–Crippen MR) is 83.4 cm³/mol. The molecule has 124 valence electrons. The van der Waals surface area contributed by atoms with Crippen LogP contribution in [0.4, 0.5) is 0 Å². The lowest BCUT2D eigenvalue weighted by Crippen LogP contribution is -2.22. The van der Waals surface area contributed by atoms with E-state index in [1.807, 2.05) is 7.05 Å². The van der Waals surface area contributed by atoms with Gasteiger partial charge in [0, 0.05) is 25.2 Å². The molecule has 21 heavy (non-hydrogen) atoms. The maximum Gasteiger partial charge on any atom is 0.132 e. The topological polar surface area (TPSA) is 68.8 Å². The van der Waals surface area contributed by atoms with E-state index in [1.54, 1.807) is 6.92 Å². The summed E-state index contributed by atoms with van der Waals surface area (Å²) in [5.74, 6) is 0.145. The number of ether oxygens (including phenoxy) is 3. The molecule has 0 unspecified atom stereocenters. The molecule has 0 heterocycles. The number of nitrogens with one attached hydrogen (secondary N) is 2. The number of hydrogen-bond donors (Lipinski definition) is 2. The molecular formula is C15H30N2O4. The van der Waals surface area contributed by atoms with Crippen LogP contribution in [0.1, 0.15) is 19.8 Å². The monoisotopic (exact) mass is 302 g/mol. The zero-order chi connectivity index (χ0) is 15.8. The van der Waals surface area contributed by atoms with E-state index in [0.717, 1.165) is 25.2 Å². The van der Waals surface area contributed by atoms with Gasteiger partial charge in [-0.25, -0.2) is 0 Å². The highest BCUT2D eigenvalue weighted by Gasteiger charge is 1.95. The molecule has 0 atom stereocenters. The van der Waals surface area contributed by atoms with E-state index >= 15 is 0 Å². The molecule has 2 N–H and O–H groups in total. The van der Waals surface area contributed by atoms with Crippen LogP contribution in [0.15, 0.2) is 12.3 Å². The summed E-state index contributed by atoms with van der Waals surface area (Å²) in [7, 11) is 1.92. The minimum absolute atomic E-state index is 0.145. The number of carbonyl (C=O) groups is 1. The standard InChI is InChI=1S/C15H30N2O4/c1-14(4-6-16-3)17-7-9-20-11-13-21-12-10-19-8-5-15(2)18/h16-17H,1,4-13H2,2-3H3. The molecule has 6 nitrogen and oxygen atoms in total. The van der Waals surface area contributed by atoms with Gasteiger partial charge in [0.2, 0.25) is 0 Å². The van der Waals surface area contributed by atoms with Gasteiger partial charge >= 0.3 is 0 Å². The minimum atomic E-state index is 0.145. The fraction of sp³-hybridized carbons (Fsp3) is 0.800. The van der Waals surface area contributed by atoms with Crippen molar-refractivity contribution in [2.75, 3.05) is 59.8 Å². The van der Waals surface area contributed by atoms with Crippen molar-refractivity contribution in [3.8, 4) is 0 Å². The number of hydrogen-bond acceptors (Lipinski definition) is 6. The average molecular weight is 302 g/mol. The van der Waals surface area contributed by atoms with Crippen molar-refractivity contribution in [1.82, 2.24) is 10.6 Å². The highest BCUT2D eigenvalue weighted by molar-refractivity contribution is 5.75. The normalized spacial score (nSPS) is 10.6. The van der Waals surface area contributed by atoms with Gasteiger partial charge in [-0.05, 0) is 20.4 Å². The van der Waals surface area contributed by atoms with Gasteiger partial charge in [0.05, 0.1) is 39.6 Å². The molecule has 0 aliphatic carbocycles. The molecule has 0 aliphatic rings. The van der Waals surface area contributed by atoms with Gasteiger partial charge in [0.15, 0.2) is 0 Å². The van der Waals surface area contributed by atoms with Crippen molar-refractivity contribution >= 4 is 5.78 Å². The van der Waals surface area contributed by atoms with E-state index in [4.69, 9.17) is 14.2 Å². The molecule has 0 saturated carbocycles. The molecule has 0 aliphatic heterocycles. The predicted octanol–water partition coefficient (Wildman–Crippen LogP) is 0.728. The summed E-state index contributed by atoms with van der Waals surface area (Å²) in [6, 6.07) is 0. The molecule has 0 fully saturated rings. The van der Waals surface area contributed by atoms with Crippen LogP contribution in [0, 0.1) is 0 Å².